The molecule has 0 unspecified atom stereocenters. The highest BCUT2D eigenvalue weighted by atomic mass is 32.2. The van der Waals surface area contributed by atoms with Gasteiger partial charge in [0, 0.05) is 13.1 Å². The minimum Gasteiger partial charge on any atom is -0.320 e. The molecule has 0 spiro atoms. The molecule has 1 aromatic carbocycles. The predicted molar refractivity (Wildman–Crippen MR) is 83.4 cm³/mol. The van der Waals surface area contributed by atoms with E-state index in [-0.39, 0.29) is 0 Å². The number of hydrogen-bond acceptors (Lipinski definition) is 3. The number of nitrogens with zero attached hydrogens (tertiary/aromatic N) is 1. The van der Waals surface area contributed by atoms with Crippen LogP contribution in [0, 0.1) is 0 Å². The standard InChI is InChI=1S/C15H26N2O2S/c1-4-13-17(5-2)20(18,19)15-10-8-14(9-11-15)7-6-12-16-3/h8-11,16H,4-7,12-13H2,1-3H3. The van der Waals surface area contributed by atoms with Crippen LogP contribution in [0.4, 0.5) is 0 Å². The summed E-state index contributed by atoms with van der Waals surface area (Å²) in [6, 6.07) is 7.29. The van der Waals surface area contributed by atoms with Crippen LogP contribution < -0.4 is 5.32 Å². The average molecular weight is 298 g/mol. The zero-order valence-electron chi connectivity index (χ0n) is 12.7. The molecular weight excluding hydrogens is 272 g/mol. The van der Waals surface area contributed by atoms with Gasteiger partial charge in [-0.15, -0.1) is 0 Å². The Balaban J connectivity index is 2.80. The Bertz CT molecular complexity index is 483. The molecule has 4 nitrogen and oxygen atoms in total. The van der Waals surface area contributed by atoms with Gasteiger partial charge in [0.2, 0.25) is 10.0 Å². The summed E-state index contributed by atoms with van der Waals surface area (Å²) in [7, 11) is -1.40. The van der Waals surface area contributed by atoms with Crippen LogP contribution in [-0.2, 0) is 16.4 Å². The third-order valence-electron chi connectivity index (χ3n) is 3.28. The molecule has 0 aliphatic rings. The fourth-order valence-electron chi connectivity index (χ4n) is 2.14. The smallest absolute Gasteiger partial charge is 0.243 e. The molecule has 0 aliphatic heterocycles. The first-order valence-electron chi connectivity index (χ1n) is 7.30. The molecule has 0 amide bonds. The van der Waals surface area contributed by atoms with E-state index in [4.69, 9.17) is 0 Å². The summed E-state index contributed by atoms with van der Waals surface area (Å²) in [6.07, 6.45) is 2.85. The van der Waals surface area contributed by atoms with Crippen LogP contribution in [0.5, 0.6) is 0 Å². The van der Waals surface area contributed by atoms with Crippen LogP contribution in [0.1, 0.15) is 32.3 Å². The molecule has 0 saturated carbocycles. The van der Waals surface area contributed by atoms with E-state index in [9.17, 15) is 8.42 Å². The Kier molecular flexibility index (Phi) is 7.19. The molecule has 0 radical (unpaired) electrons. The summed E-state index contributed by atoms with van der Waals surface area (Å²) in [5, 5.41) is 3.11. The first-order valence-corrected chi connectivity index (χ1v) is 8.74. The fourth-order valence-corrected chi connectivity index (χ4v) is 3.69. The third kappa shape index (κ3) is 4.58. The maximum Gasteiger partial charge on any atom is 0.243 e. The average Bonchev–Trinajstić information content (AvgIpc) is 2.45. The molecule has 0 bridgehead atoms. The van der Waals surface area contributed by atoms with Crippen molar-refractivity contribution in [3.8, 4) is 0 Å². The van der Waals surface area contributed by atoms with Crippen LogP contribution in [0.3, 0.4) is 0 Å². The van der Waals surface area contributed by atoms with Crippen molar-refractivity contribution < 1.29 is 8.42 Å². The molecule has 0 saturated heterocycles. The fraction of sp³-hybridized carbons (Fsp3) is 0.600. The van der Waals surface area contributed by atoms with Crippen molar-refractivity contribution in [3.63, 3.8) is 0 Å². The lowest BCUT2D eigenvalue weighted by Crippen LogP contribution is -2.31. The minimum atomic E-state index is -3.33. The Morgan fingerprint density at radius 3 is 2.30 bits per heavy atom. The van der Waals surface area contributed by atoms with E-state index in [1.165, 1.54) is 9.87 Å². The topological polar surface area (TPSA) is 49.4 Å². The maximum atomic E-state index is 12.4. The summed E-state index contributed by atoms with van der Waals surface area (Å²) in [5.74, 6) is 0. The highest BCUT2D eigenvalue weighted by Gasteiger charge is 2.21. The maximum absolute atomic E-state index is 12.4. The van der Waals surface area contributed by atoms with Crippen molar-refractivity contribution in [3.05, 3.63) is 29.8 Å². The molecule has 1 aromatic rings. The number of sulfonamides is 1. The first kappa shape index (κ1) is 17.1. The molecule has 1 rings (SSSR count). The van der Waals surface area contributed by atoms with Crippen molar-refractivity contribution >= 4 is 10.0 Å². The van der Waals surface area contributed by atoms with Crippen LogP contribution in [0.25, 0.3) is 0 Å². The van der Waals surface area contributed by atoms with Crippen molar-refractivity contribution in [1.82, 2.24) is 9.62 Å². The van der Waals surface area contributed by atoms with Crippen LogP contribution in [0.2, 0.25) is 0 Å². The monoisotopic (exact) mass is 298 g/mol. The summed E-state index contributed by atoms with van der Waals surface area (Å²) >= 11 is 0. The second kappa shape index (κ2) is 8.39. The number of rotatable bonds is 9. The Labute approximate surface area is 123 Å². The third-order valence-corrected chi connectivity index (χ3v) is 5.27. The molecule has 0 fully saturated rings. The molecule has 0 atom stereocenters. The normalized spacial score (nSPS) is 12.0. The first-order chi connectivity index (χ1) is 9.56. The molecule has 0 aliphatic carbocycles. The molecule has 114 valence electrons. The highest BCUT2D eigenvalue weighted by molar-refractivity contribution is 7.89. The van der Waals surface area contributed by atoms with Crippen molar-refractivity contribution in [2.45, 2.75) is 38.0 Å². The Morgan fingerprint density at radius 1 is 1.15 bits per heavy atom. The molecular formula is C15H26N2O2S. The van der Waals surface area contributed by atoms with Crippen LogP contribution in [-0.4, -0.2) is 39.4 Å². The molecule has 0 aromatic heterocycles. The zero-order valence-corrected chi connectivity index (χ0v) is 13.5. The van der Waals surface area contributed by atoms with Gasteiger partial charge in [-0.1, -0.05) is 26.0 Å². The predicted octanol–water partition coefficient (Wildman–Crippen LogP) is 2.26. The van der Waals surface area contributed by atoms with E-state index < -0.39 is 10.0 Å². The quantitative estimate of drug-likeness (QED) is 0.711. The highest BCUT2D eigenvalue weighted by Crippen LogP contribution is 2.17. The van der Waals surface area contributed by atoms with E-state index in [2.05, 4.69) is 5.32 Å². The summed E-state index contributed by atoms with van der Waals surface area (Å²) in [6.45, 7) is 5.92. The van der Waals surface area contributed by atoms with E-state index in [1.54, 1.807) is 12.1 Å². The van der Waals surface area contributed by atoms with Crippen LogP contribution in [0.15, 0.2) is 29.2 Å². The van der Waals surface area contributed by atoms with Crippen molar-refractivity contribution in [2.75, 3.05) is 26.7 Å². The second-order valence-electron chi connectivity index (χ2n) is 4.85. The number of benzene rings is 1. The van der Waals surface area contributed by atoms with Gasteiger partial charge in [-0.25, -0.2) is 8.42 Å². The molecule has 1 N–H and O–H groups in total. The van der Waals surface area contributed by atoms with Gasteiger partial charge in [0.1, 0.15) is 0 Å². The van der Waals surface area contributed by atoms with Gasteiger partial charge in [-0.2, -0.15) is 4.31 Å². The van der Waals surface area contributed by atoms with Crippen molar-refractivity contribution in [1.29, 1.82) is 0 Å². The van der Waals surface area contributed by atoms with E-state index in [0.717, 1.165) is 25.8 Å². The van der Waals surface area contributed by atoms with Gasteiger partial charge in [0.15, 0.2) is 0 Å². The SMILES string of the molecule is CCCN(CC)S(=O)(=O)c1ccc(CCCNC)cc1. The summed E-state index contributed by atoms with van der Waals surface area (Å²) in [5.41, 5.74) is 1.18. The van der Waals surface area contributed by atoms with Gasteiger partial charge in [-0.3, -0.25) is 0 Å². The largest absolute Gasteiger partial charge is 0.320 e. The molecule has 0 heterocycles. The van der Waals surface area contributed by atoms with Gasteiger partial charge >= 0.3 is 0 Å². The van der Waals surface area contributed by atoms with Gasteiger partial charge in [0.25, 0.3) is 0 Å². The number of nitrogens with one attached hydrogen (secondary N) is 1. The number of hydrogen-bond donors (Lipinski definition) is 1. The van der Waals surface area contributed by atoms with Gasteiger partial charge in [0.05, 0.1) is 4.90 Å². The minimum absolute atomic E-state index is 0.394. The lowest BCUT2D eigenvalue weighted by molar-refractivity contribution is 0.427. The Morgan fingerprint density at radius 2 is 1.80 bits per heavy atom. The van der Waals surface area contributed by atoms with E-state index >= 15 is 0 Å². The molecule has 5 heteroatoms. The Hall–Kier alpha value is -0.910. The lowest BCUT2D eigenvalue weighted by atomic mass is 10.1. The van der Waals surface area contributed by atoms with Gasteiger partial charge < -0.3 is 5.32 Å². The summed E-state index contributed by atoms with van der Waals surface area (Å²) < 4.78 is 26.4. The van der Waals surface area contributed by atoms with E-state index in [0.29, 0.717) is 18.0 Å². The van der Waals surface area contributed by atoms with Crippen LogP contribution >= 0.6 is 0 Å². The van der Waals surface area contributed by atoms with Gasteiger partial charge in [-0.05, 0) is 50.6 Å². The molecule has 20 heavy (non-hydrogen) atoms. The number of aryl methyl sites for hydroxylation is 1. The van der Waals surface area contributed by atoms with E-state index in [1.807, 2.05) is 33.0 Å². The van der Waals surface area contributed by atoms with Crippen molar-refractivity contribution in [2.24, 2.45) is 0 Å². The lowest BCUT2D eigenvalue weighted by Gasteiger charge is -2.19. The second-order valence-corrected chi connectivity index (χ2v) is 6.79. The zero-order chi connectivity index (χ0) is 15.0. The summed E-state index contributed by atoms with van der Waals surface area (Å²) in [4.78, 5) is 0.394.